The van der Waals surface area contributed by atoms with Crippen molar-refractivity contribution in [3.05, 3.63) is 52.0 Å². The van der Waals surface area contributed by atoms with Crippen LogP contribution in [0, 0.1) is 15.9 Å². The Morgan fingerprint density at radius 3 is 2.57 bits per heavy atom. The molecule has 1 aliphatic rings. The van der Waals surface area contributed by atoms with Crippen LogP contribution >= 0.6 is 0 Å². The van der Waals surface area contributed by atoms with Crippen molar-refractivity contribution in [1.82, 2.24) is 4.57 Å². The summed E-state index contributed by atoms with van der Waals surface area (Å²) in [5.74, 6) is -1.98. The van der Waals surface area contributed by atoms with Crippen molar-refractivity contribution in [3.8, 4) is 11.3 Å². The monoisotopic (exact) mass is 290 g/mol. The molecule has 3 rings (SSSR count). The van der Waals surface area contributed by atoms with Crippen LogP contribution in [0.15, 0.2) is 30.3 Å². The van der Waals surface area contributed by atoms with Gasteiger partial charge in [0.1, 0.15) is 5.69 Å². The average molecular weight is 290 g/mol. The van der Waals surface area contributed by atoms with Crippen LogP contribution in [-0.4, -0.2) is 20.6 Å². The molecule has 0 spiro atoms. The first-order valence-electron chi connectivity index (χ1n) is 6.38. The first-order valence-corrected chi connectivity index (χ1v) is 6.38. The molecule has 1 heterocycles. The Balaban J connectivity index is 2.11. The second-order valence-electron chi connectivity index (χ2n) is 4.93. The van der Waals surface area contributed by atoms with Crippen molar-refractivity contribution in [1.29, 1.82) is 0 Å². The lowest BCUT2D eigenvalue weighted by molar-refractivity contribution is -0.387. The van der Waals surface area contributed by atoms with E-state index in [1.165, 1.54) is 12.1 Å². The van der Waals surface area contributed by atoms with Crippen LogP contribution in [-0.2, 0) is 0 Å². The summed E-state index contributed by atoms with van der Waals surface area (Å²) in [5.41, 5.74) is 0.536. The third-order valence-corrected chi connectivity index (χ3v) is 3.49. The van der Waals surface area contributed by atoms with E-state index in [0.717, 1.165) is 25.0 Å². The third-order valence-electron chi connectivity index (χ3n) is 3.49. The van der Waals surface area contributed by atoms with Gasteiger partial charge >= 0.3 is 11.7 Å². The Morgan fingerprint density at radius 1 is 1.33 bits per heavy atom. The zero-order valence-electron chi connectivity index (χ0n) is 10.8. The molecule has 108 valence electrons. The molecule has 2 aromatic rings. The smallest absolute Gasteiger partial charge is 0.352 e. The molecule has 21 heavy (non-hydrogen) atoms. The lowest BCUT2D eigenvalue weighted by atomic mass is 10.1. The van der Waals surface area contributed by atoms with E-state index in [0.29, 0.717) is 11.3 Å². The predicted molar refractivity (Wildman–Crippen MR) is 71.7 cm³/mol. The van der Waals surface area contributed by atoms with Crippen molar-refractivity contribution < 1.29 is 19.2 Å². The molecule has 0 atom stereocenters. The van der Waals surface area contributed by atoms with Crippen molar-refractivity contribution >= 4 is 11.7 Å². The minimum Gasteiger partial charge on any atom is -0.477 e. The summed E-state index contributed by atoms with van der Waals surface area (Å²) >= 11 is 0. The van der Waals surface area contributed by atoms with Gasteiger partial charge in [-0.25, -0.2) is 4.79 Å². The number of nitro benzene ring substituents is 1. The minimum absolute atomic E-state index is 0.0966. The number of benzene rings is 1. The molecule has 7 heteroatoms. The molecular weight excluding hydrogens is 279 g/mol. The number of hydrogen-bond donors (Lipinski definition) is 1. The fourth-order valence-corrected chi connectivity index (χ4v) is 2.40. The first kappa shape index (κ1) is 13.3. The van der Waals surface area contributed by atoms with E-state index >= 15 is 0 Å². The maximum absolute atomic E-state index is 13.7. The number of aromatic carboxylic acids is 1. The molecule has 1 N–H and O–H groups in total. The van der Waals surface area contributed by atoms with E-state index < -0.39 is 22.4 Å². The number of nitro groups is 1. The highest BCUT2D eigenvalue weighted by Gasteiger charge is 2.30. The van der Waals surface area contributed by atoms with Crippen molar-refractivity contribution in [3.63, 3.8) is 0 Å². The van der Waals surface area contributed by atoms with Crippen LogP contribution in [0.5, 0.6) is 0 Å². The third kappa shape index (κ3) is 2.26. The number of carboxylic acids is 1. The lowest BCUT2D eigenvalue weighted by Gasteiger charge is -2.10. The van der Waals surface area contributed by atoms with E-state index in [9.17, 15) is 24.4 Å². The number of halogens is 1. The lowest BCUT2D eigenvalue weighted by Crippen LogP contribution is -2.08. The van der Waals surface area contributed by atoms with Gasteiger partial charge < -0.3 is 9.67 Å². The van der Waals surface area contributed by atoms with Gasteiger partial charge in [-0.3, -0.25) is 10.1 Å². The van der Waals surface area contributed by atoms with Crippen molar-refractivity contribution in [2.24, 2.45) is 0 Å². The quantitative estimate of drug-likeness (QED) is 0.692. The molecule has 0 saturated heterocycles. The summed E-state index contributed by atoms with van der Waals surface area (Å²) in [5, 5.41) is 19.8. The Bertz CT molecular complexity index is 749. The number of carboxylic acid groups (broad SMARTS) is 1. The second kappa shape index (κ2) is 4.69. The van der Waals surface area contributed by atoms with E-state index in [-0.39, 0.29) is 11.7 Å². The summed E-state index contributed by atoms with van der Waals surface area (Å²) in [7, 11) is 0. The number of nitrogens with zero attached hydrogens (tertiary/aromatic N) is 2. The molecule has 1 fully saturated rings. The van der Waals surface area contributed by atoms with E-state index in [1.54, 1.807) is 10.6 Å². The molecule has 0 bridgehead atoms. The van der Waals surface area contributed by atoms with Gasteiger partial charge in [0.2, 0.25) is 5.82 Å². The van der Waals surface area contributed by atoms with Gasteiger partial charge in [-0.15, -0.1) is 0 Å². The molecule has 0 radical (unpaired) electrons. The van der Waals surface area contributed by atoms with Crippen LogP contribution in [0.25, 0.3) is 11.3 Å². The van der Waals surface area contributed by atoms with Gasteiger partial charge in [0.25, 0.3) is 0 Å². The van der Waals surface area contributed by atoms with Crippen LogP contribution in [0.1, 0.15) is 29.4 Å². The first-order chi connectivity index (χ1) is 9.99. The molecule has 0 aliphatic heterocycles. The highest BCUT2D eigenvalue weighted by atomic mass is 19.1. The Labute approximate surface area is 118 Å². The summed E-state index contributed by atoms with van der Waals surface area (Å²) in [6.45, 7) is 0. The number of rotatable bonds is 4. The molecule has 0 unspecified atom stereocenters. The highest BCUT2D eigenvalue weighted by Crippen LogP contribution is 2.40. The highest BCUT2D eigenvalue weighted by molar-refractivity contribution is 5.87. The number of hydrogen-bond acceptors (Lipinski definition) is 3. The molecule has 6 nitrogen and oxygen atoms in total. The molecule has 1 aromatic carbocycles. The maximum Gasteiger partial charge on any atom is 0.352 e. The fourth-order valence-electron chi connectivity index (χ4n) is 2.40. The zero-order chi connectivity index (χ0) is 15.1. The van der Waals surface area contributed by atoms with Crippen LogP contribution in [0.3, 0.4) is 0 Å². The van der Waals surface area contributed by atoms with E-state index in [2.05, 4.69) is 0 Å². The normalized spacial score (nSPS) is 14.1. The second-order valence-corrected chi connectivity index (χ2v) is 4.93. The average Bonchev–Trinajstić information content (AvgIpc) is 3.16. The molecule has 1 aliphatic carbocycles. The Morgan fingerprint density at radius 2 is 2.05 bits per heavy atom. The van der Waals surface area contributed by atoms with Crippen molar-refractivity contribution in [2.75, 3.05) is 0 Å². The van der Waals surface area contributed by atoms with E-state index in [1.807, 2.05) is 0 Å². The SMILES string of the molecule is O=C(O)c1ccc(-c2ccc([N+](=O)[O-])c(F)c2)n1C1CC1. The molecular formula is C14H11FN2O4. The van der Waals surface area contributed by atoms with Gasteiger partial charge in [0.05, 0.1) is 4.92 Å². The summed E-state index contributed by atoms with van der Waals surface area (Å²) in [6.07, 6.45) is 1.74. The largest absolute Gasteiger partial charge is 0.477 e. The van der Waals surface area contributed by atoms with Crippen LogP contribution < -0.4 is 0 Å². The Kier molecular flexibility index (Phi) is 2.97. The molecule has 1 saturated carbocycles. The van der Waals surface area contributed by atoms with Crippen LogP contribution in [0.2, 0.25) is 0 Å². The summed E-state index contributed by atoms with van der Waals surface area (Å²) in [6, 6.07) is 6.76. The van der Waals surface area contributed by atoms with Crippen LogP contribution in [0.4, 0.5) is 10.1 Å². The van der Waals surface area contributed by atoms with Gasteiger partial charge in [0, 0.05) is 23.4 Å². The summed E-state index contributed by atoms with van der Waals surface area (Å²) in [4.78, 5) is 21.1. The number of aromatic nitrogens is 1. The topological polar surface area (TPSA) is 85.4 Å². The predicted octanol–water partition coefficient (Wildman–Crippen LogP) is 3.24. The zero-order valence-corrected chi connectivity index (χ0v) is 10.8. The minimum atomic E-state index is -1.05. The Hall–Kier alpha value is -2.70. The molecule has 1 aromatic heterocycles. The standard InChI is InChI=1S/C14H11FN2O4/c15-10-7-8(1-4-12(10)17(20)21)11-5-6-13(14(18)19)16(11)9-2-3-9/h1,4-7,9H,2-3H2,(H,18,19). The van der Waals surface area contributed by atoms with Gasteiger partial charge in [0.15, 0.2) is 0 Å². The fraction of sp³-hybridized carbons (Fsp3) is 0.214. The van der Waals surface area contributed by atoms with Crippen molar-refractivity contribution in [2.45, 2.75) is 18.9 Å². The van der Waals surface area contributed by atoms with Gasteiger partial charge in [-0.2, -0.15) is 4.39 Å². The van der Waals surface area contributed by atoms with Gasteiger partial charge in [-0.1, -0.05) is 0 Å². The van der Waals surface area contributed by atoms with E-state index in [4.69, 9.17) is 0 Å². The maximum atomic E-state index is 13.7. The summed E-state index contributed by atoms with van der Waals surface area (Å²) < 4.78 is 15.4. The number of carbonyl (C=O) groups is 1. The molecule has 0 amide bonds. The van der Waals surface area contributed by atoms with Gasteiger partial charge in [-0.05, 0) is 37.1 Å².